The molecule has 1 spiro atoms. The summed E-state index contributed by atoms with van der Waals surface area (Å²) in [6, 6.07) is 53.2. The molecule has 2 aromatic heterocycles. The van der Waals surface area contributed by atoms with Crippen LogP contribution in [-0.2, 0) is 16.2 Å². The number of aromatic nitrogens is 2. The average molecular weight is 1050 g/mol. The van der Waals surface area contributed by atoms with Gasteiger partial charge in [-0.2, -0.15) is 0 Å². The largest absolute Gasteiger partial charge is 0.310 e. The van der Waals surface area contributed by atoms with E-state index in [4.69, 9.17) is 0 Å². The van der Waals surface area contributed by atoms with Crippen LogP contribution in [0, 0.1) is 23.7 Å². The van der Waals surface area contributed by atoms with E-state index in [0.29, 0.717) is 47.3 Å². The molecule has 0 fully saturated rings. The fourth-order valence-electron chi connectivity index (χ4n) is 15.4. The summed E-state index contributed by atoms with van der Waals surface area (Å²) >= 11 is 0. The van der Waals surface area contributed by atoms with E-state index in [0.717, 1.165) is 0 Å². The van der Waals surface area contributed by atoms with Crippen LogP contribution in [0.4, 0.5) is 0 Å². The summed E-state index contributed by atoms with van der Waals surface area (Å²) in [6.07, 6.45) is 0. The number of rotatable bonds is 9. The highest BCUT2D eigenvalue weighted by molar-refractivity contribution is 7.00. The van der Waals surface area contributed by atoms with Gasteiger partial charge in [0.15, 0.2) is 0 Å². The van der Waals surface area contributed by atoms with Gasteiger partial charge in [0, 0.05) is 43.8 Å². The second-order valence-electron chi connectivity index (χ2n) is 29.2. The predicted octanol–water partition coefficient (Wildman–Crippen LogP) is 19.0. The van der Waals surface area contributed by atoms with Gasteiger partial charge >= 0.3 is 0 Å². The van der Waals surface area contributed by atoms with Crippen molar-refractivity contribution in [1.29, 1.82) is 0 Å². The molecule has 4 aliphatic rings. The van der Waals surface area contributed by atoms with E-state index in [1.807, 2.05) is 0 Å². The van der Waals surface area contributed by atoms with Crippen LogP contribution in [0.1, 0.15) is 204 Å². The predicted molar refractivity (Wildman–Crippen MR) is 346 cm³/mol. The van der Waals surface area contributed by atoms with Gasteiger partial charge in [0.1, 0.15) is 0 Å². The molecule has 0 saturated carbocycles. The van der Waals surface area contributed by atoms with Crippen molar-refractivity contribution in [2.75, 3.05) is 0 Å². The van der Waals surface area contributed by atoms with Crippen molar-refractivity contribution in [2.45, 2.75) is 165 Å². The molecule has 1 aliphatic carbocycles. The zero-order valence-electron chi connectivity index (χ0n) is 51.2. The molecule has 4 atom stereocenters. The van der Waals surface area contributed by atoms with Crippen LogP contribution in [0.5, 0.6) is 0 Å². The topological polar surface area (TPSA) is 9.86 Å². The summed E-state index contributed by atoms with van der Waals surface area (Å²) in [5.41, 5.74) is 31.3. The Morgan fingerprint density at radius 3 is 1.34 bits per heavy atom. The molecule has 3 heteroatoms. The van der Waals surface area contributed by atoms with Crippen molar-refractivity contribution < 1.29 is 0 Å². The van der Waals surface area contributed by atoms with Crippen molar-refractivity contribution in [1.82, 2.24) is 9.13 Å². The molecule has 10 aromatic rings. The quantitative estimate of drug-likeness (QED) is 0.128. The van der Waals surface area contributed by atoms with Crippen molar-refractivity contribution >= 4 is 66.7 Å². The Labute approximate surface area is 478 Å². The molecule has 404 valence electrons. The summed E-state index contributed by atoms with van der Waals surface area (Å²) in [4.78, 5) is 0. The number of fused-ring (bicyclic) bond motifs is 14. The lowest BCUT2D eigenvalue weighted by Crippen LogP contribution is -2.61. The van der Waals surface area contributed by atoms with Crippen LogP contribution in [0.25, 0.3) is 77.2 Å². The Bertz CT molecular complexity index is 4220. The maximum atomic E-state index is 2.86. The van der Waals surface area contributed by atoms with Gasteiger partial charge in [-0.3, -0.25) is 0 Å². The highest BCUT2D eigenvalue weighted by atomic mass is 15.1. The van der Waals surface area contributed by atoms with E-state index in [2.05, 4.69) is 261 Å². The smallest absolute Gasteiger partial charge is 0.252 e. The first-order valence-corrected chi connectivity index (χ1v) is 30.8. The summed E-state index contributed by atoms with van der Waals surface area (Å²) in [6.45, 7) is 43.6. The molecule has 14 rings (SSSR count). The second kappa shape index (κ2) is 17.2. The molecule has 0 bridgehead atoms. The normalized spacial score (nSPS) is 16.2. The van der Waals surface area contributed by atoms with Crippen LogP contribution < -0.4 is 16.4 Å². The molecule has 0 radical (unpaired) electrons. The first kappa shape index (κ1) is 51.6. The Kier molecular flexibility index (Phi) is 11.1. The minimum atomic E-state index is -0.615. The van der Waals surface area contributed by atoms with Gasteiger partial charge in [-0.05, 0) is 183 Å². The van der Waals surface area contributed by atoms with Gasteiger partial charge < -0.3 is 9.13 Å². The lowest BCUT2D eigenvalue weighted by Gasteiger charge is -2.45. The maximum Gasteiger partial charge on any atom is 0.252 e. The fraction of sp³-hybridized carbons (Fsp3) is 0.377. The van der Waals surface area contributed by atoms with Gasteiger partial charge in [-0.1, -0.05) is 216 Å². The Morgan fingerprint density at radius 1 is 0.375 bits per heavy atom. The molecule has 5 heterocycles. The van der Waals surface area contributed by atoms with Crippen LogP contribution in [0.3, 0.4) is 0 Å². The highest BCUT2D eigenvalue weighted by Crippen LogP contribution is 2.63. The molecule has 8 aromatic carbocycles. The molecule has 0 N–H and O–H groups in total. The van der Waals surface area contributed by atoms with Gasteiger partial charge in [0.05, 0.1) is 22.1 Å². The van der Waals surface area contributed by atoms with E-state index < -0.39 is 5.41 Å². The molecule has 2 nitrogen and oxygen atoms in total. The standard InChI is InChI=1S/C77H83BN2/c1-40(2)44(9)48-27-28-68-58(31-48)59-33-50(46(11)42(5)6)36-66-71(59)79(68)73-57(52-29-53(75(13,14)15)38-54(30-52)76(16,17)18)39-65-74-69(73)78(66)67-37-51(47(12)43(7)8)34-61-60-32-49(45(10)41(3)4)35-64(70(60)80(74)72(61)67)77(65)62-25-21-19-23-55(62)56-24-20-22-26-63(56)77/h19-47H,1-18H3. The summed E-state index contributed by atoms with van der Waals surface area (Å²) in [5.74, 6) is 3.44. The monoisotopic (exact) mass is 1050 g/mol. The molecule has 4 unspecified atom stereocenters. The molecular formula is C77H83BN2. The summed E-state index contributed by atoms with van der Waals surface area (Å²) in [7, 11) is 0. The van der Waals surface area contributed by atoms with Crippen molar-refractivity contribution in [3.05, 3.63) is 183 Å². The molecule has 3 aliphatic heterocycles. The van der Waals surface area contributed by atoms with Gasteiger partial charge in [0.2, 0.25) is 0 Å². The third kappa shape index (κ3) is 6.79. The van der Waals surface area contributed by atoms with Crippen molar-refractivity contribution in [3.8, 4) is 33.6 Å². The number of nitrogens with zero attached hydrogens (tertiary/aromatic N) is 2. The van der Waals surface area contributed by atoms with E-state index in [1.54, 1.807) is 0 Å². The number of benzene rings is 8. The van der Waals surface area contributed by atoms with Gasteiger partial charge in [0.25, 0.3) is 6.71 Å². The third-order valence-electron chi connectivity index (χ3n) is 21.5. The number of hydrogen-bond acceptors (Lipinski definition) is 0. The van der Waals surface area contributed by atoms with Crippen LogP contribution in [0.15, 0.2) is 127 Å². The van der Waals surface area contributed by atoms with E-state index in [1.165, 1.54) is 149 Å². The second-order valence-corrected chi connectivity index (χ2v) is 29.2. The average Bonchev–Trinajstić information content (AvgIpc) is 1.50. The van der Waals surface area contributed by atoms with E-state index in [9.17, 15) is 0 Å². The van der Waals surface area contributed by atoms with E-state index >= 15 is 0 Å². The lowest BCUT2D eigenvalue weighted by molar-refractivity contribution is 0.534. The third-order valence-corrected chi connectivity index (χ3v) is 21.5. The van der Waals surface area contributed by atoms with Crippen LogP contribution in [0.2, 0.25) is 0 Å². The van der Waals surface area contributed by atoms with Gasteiger partial charge in [-0.15, -0.1) is 0 Å². The molecule has 0 saturated heterocycles. The Morgan fingerprint density at radius 2 is 0.825 bits per heavy atom. The van der Waals surface area contributed by atoms with Crippen molar-refractivity contribution in [2.24, 2.45) is 23.7 Å². The van der Waals surface area contributed by atoms with Crippen LogP contribution >= 0.6 is 0 Å². The highest BCUT2D eigenvalue weighted by Gasteiger charge is 2.55. The van der Waals surface area contributed by atoms with Crippen molar-refractivity contribution in [3.63, 3.8) is 0 Å². The van der Waals surface area contributed by atoms with Crippen LogP contribution in [-0.4, -0.2) is 15.8 Å². The minimum absolute atomic E-state index is 0.0301. The molecule has 0 amide bonds. The Balaban J connectivity index is 1.30. The summed E-state index contributed by atoms with van der Waals surface area (Å²) in [5, 5.41) is 5.58. The Hall–Kier alpha value is -6.58. The fourth-order valence-corrected chi connectivity index (χ4v) is 15.4. The zero-order chi connectivity index (χ0) is 56.3. The van der Waals surface area contributed by atoms with E-state index in [-0.39, 0.29) is 17.5 Å². The maximum absolute atomic E-state index is 2.86. The first-order valence-electron chi connectivity index (χ1n) is 30.8. The number of hydrogen-bond donors (Lipinski definition) is 0. The minimum Gasteiger partial charge on any atom is -0.310 e. The summed E-state index contributed by atoms with van der Waals surface area (Å²) < 4.78 is 5.67. The first-order chi connectivity index (χ1) is 37.9. The lowest BCUT2D eigenvalue weighted by atomic mass is 9.33. The molecule has 80 heavy (non-hydrogen) atoms. The molecular weight excluding hydrogens is 964 g/mol. The SMILES string of the molecule is CC(C)C(C)c1ccc2c(c1)c1cc(C(C)C(C)C)cc3c1n2-c1c(-c2cc(C(C)(C)C)cc(C(C)(C)C)c2)cc2c4c1B3c1cc(C(C)C(C)C)cc3c5cc(C(C)C(C)C)cc(c5n-4c13)C21c2ccccc2-c2ccccc21. The zero-order valence-corrected chi connectivity index (χ0v) is 51.2. The van der Waals surface area contributed by atoms with Gasteiger partial charge in [-0.25, -0.2) is 0 Å².